The van der Waals surface area contributed by atoms with Crippen LogP contribution < -0.4 is 15.7 Å². The van der Waals surface area contributed by atoms with Crippen LogP contribution in [0, 0.1) is 13.8 Å². The molecule has 0 fully saturated rings. The summed E-state index contributed by atoms with van der Waals surface area (Å²) >= 11 is 0. The van der Waals surface area contributed by atoms with Crippen LogP contribution in [0.15, 0.2) is 51.7 Å². The maximum atomic E-state index is 12.5. The van der Waals surface area contributed by atoms with E-state index in [9.17, 15) is 14.7 Å². The van der Waals surface area contributed by atoms with Gasteiger partial charge in [0.25, 0.3) is 0 Å². The monoisotopic (exact) mass is 381 g/mol. The van der Waals surface area contributed by atoms with E-state index in [-0.39, 0.29) is 18.9 Å². The van der Waals surface area contributed by atoms with Gasteiger partial charge in [-0.05, 0) is 37.1 Å². The van der Waals surface area contributed by atoms with Crippen molar-refractivity contribution in [2.24, 2.45) is 0 Å². The van der Waals surface area contributed by atoms with Gasteiger partial charge in [-0.1, -0.05) is 30.3 Å². The summed E-state index contributed by atoms with van der Waals surface area (Å²) in [6.07, 6.45) is -0.925. The van der Waals surface area contributed by atoms with Crippen molar-refractivity contribution in [3.63, 3.8) is 0 Å². The Kier molecular flexibility index (Phi) is 5.80. The standard InChI is InChI=1S/C22H23NO5/c1-13-16-9-10-19(27-3)14(2)21(16)28-22(26)17(13)11-20(25)23-12-18(24)15-7-5-4-6-8-15/h4-10,18,24H,11-12H2,1-3H3,(H,23,25)/t18-/m0/s1. The minimum Gasteiger partial charge on any atom is -0.496 e. The summed E-state index contributed by atoms with van der Waals surface area (Å²) in [4.78, 5) is 24.8. The van der Waals surface area contributed by atoms with Gasteiger partial charge in [-0.15, -0.1) is 0 Å². The van der Waals surface area contributed by atoms with Crippen molar-refractivity contribution < 1.29 is 19.1 Å². The lowest BCUT2D eigenvalue weighted by Crippen LogP contribution is -2.31. The molecule has 1 atom stereocenters. The molecule has 0 spiro atoms. The molecule has 3 aromatic rings. The third-order valence-corrected chi connectivity index (χ3v) is 4.89. The van der Waals surface area contributed by atoms with E-state index in [2.05, 4.69) is 5.32 Å². The van der Waals surface area contributed by atoms with Crippen LogP contribution in [0.3, 0.4) is 0 Å². The highest BCUT2D eigenvalue weighted by Crippen LogP contribution is 2.29. The van der Waals surface area contributed by atoms with Crippen LogP contribution >= 0.6 is 0 Å². The molecule has 0 saturated carbocycles. The number of rotatable bonds is 6. The first-order valence-corrected chi connectivity index (χ1v) is 9.02. The van der Waals surface area contributed by atoms with Gasteiger partial charge in [-0.2, -0.15) is 0 Å². The van der Waals surface area contributed by atoms with Crippen molar-refractivity contribution >= 4 is 16.9 Å². The Bertz CT molecular complexity index is 1060. The molecule has 0 radical (unpaired) electrons. The fourth-order valence-electron chi connectivity index (χ4n) is 3.22. The van der Waals surface area contributed by atoms with Crippen molar-refractivity contribution in [1.82, 2.24) is 5.32 Å². The quantitative estimate of drug-likeness (QED) is 0.641. The highest BCUT2D eigenvalue weighted by atomic mass is 16.5. The lowest BCUT2D eigenvalue weighted by atomic mass is 10.0. The zero-order valence-corrected chi connectivity index (χ0v) is 16.1. The largest absolute Gasteiger partial charge is 0.496 e. The molecule has 3 rings (SSSR count). The lowest BCUT2D eigenvalue weighted by Gasteiger charge is -2.13. The topological polar surface area (TPSA) is 88.8 Å². The molecular weight excluding hydrogens is 358 g/mol. The van der Waals surface area contributed by atoms with Crippen LogP contribution in [0.25, 0.3) is 11.0 Å². The fourth-order valence-corrected chi connectivity index (χ4v) is 3.22. The second-order valence-electron chi connectivity index (χ2n) is 6.67. The van der Waals surface area contributed by atoms with Crippen LogP contribution in [0.1, 0.15) is 28.4 Å². The minimum absolute atomic E-state index is 0.0666. The number of aryl methyl sites for hydroxylation is 2. The Morgan fingerprint density at radius 2 is 1.86 bits per heavy atom. The predicted octanol–water partition coefficient (Wildman–Crippen LogP) is 2.81. The first-order chi connectivity index (χ1) is 13.4. The number of hydrogen-bond acceptors (Lipinski definition) is 5. The molecule has 1 amide bonds. The van der Waals surface area contributed by atoms with E-state index in [4.69, 9.17) is 9.15 Å². The molecule has 2 aromatic carbocycles. The van der Waals surface area contributed by atoms with E-state index >= 15 is 0 Å². The Hall–Kier alpha value is -3.12. The fraction of sp³-hybridized carbons (Fsp3) is 0.273. The molecule has 1 heterocycles. The van der Waals surface area contributed by atoms with E-state index in [1.165, 1.54) is 0 Å². The van der Waals surface area contributed by atoms with E-state index in [1.54, 1.807) is 26.2 Å². The predicted molar refractivity (Wildman–Crippen MR) is 107 cm³/mol. The summed E-state index contributed by atoms with van der Waals surface area (Å²) in [5.74, 6) is 0.283. The van der Waals surface area contributed by atoms with Crippen LogP contribution in [-0.2, 0) is 11.2 Å². The molecule has 1 aromatic heterocycles. The molecule has 146 valence electrons. The third-order valence-electron chi connectivity index (χ3n) is 4.89. The van der Waals surface area contributed by atoms with Gasteiger partial charge in [0.2, 0.25) is 5.91 Å². The van der Waals surface area contributed by atoms with E-state index in [1.807, 2.05) is 37.3 Å². The SMILES string of the molecule is COc1ccc2c(C)c(CC(=O)NC[C@H](O)c3ccccc3)c(=O)oc2c1C. The van der Waals surface area contributed by atoms with Crippen LogP contribution in [0.2, 0.25) is 0 Å². The smallest absolute Gasteiger partial charge is 0.340 e. The molecule has 0 aliphatic carbocycles. The molecule has 2 N–H and O–H groups in total. The summed E-state index contributed by atoms with van der Waals surface area (Å²) in [5, 5.41) is 13.6. The summed E-state index contributed by atoms with van der Waals surface area (Å²) < 4.78 is 10.7. The van der Waals surface area contributed by atoms with Gasteiger partial charge in [-0.25, -0.2) is 4.79 Å². The number of fused-ring (bicyclic) bond motifs is 1. The first kappa shape index (κ1) is 19.6. The summed E-state index contributed by atoms with van der Waals surface area (Å²) in [6.45, 7) is 3.69. The van der Waals surface area contributed by atoms with E-state index < -0.39 is 11.7 Å². The second kappa shape index (κ2) is 8.27. The van der Waals surface area contributed by atoms with Gasteiger partial charge < -0.3 is 19.6 Å². The maximum Gasteiger partial charge on any atom is 0.340 e. The Morgan fingerprint density at radius 1 is 1.14 bits per heavy atom. The number of ether oxygens (including phenoxy) is 1. The van der Waals surface area contributed by atoms with E-state index in [0.717, 1.165) is 10.9 Å². The highest BCUT2D eigenvalue weighted by molar-refractivity contribution is 5.87. The number of methoxy groups -OCH3 is 1. The van der Waals surface area contributed by atoms with E-state index in [0.29, 0.717) is 28.0 Å². The summed E-state index contributed by atoms with van der Waals surface area (Å²) in [6, 6.07) is 12.7. The molecule has 0 bridgehead atoms. The molecule has 0 aliphatic heterocycles. The van der Waals surface area contributed by atoms with Gasteiger partial charge in [-0.3, -0.25) is 4.79 Å². The highest BCUT2D eigenvalue weighted by Gasteiger charge is 2.18. The number of nitrogens with one attached hydrogen (secondary N) is 1. The average Bonchev–Trinajstić information content (AvgIpc) is 2.71. The number of aliphatic hydroxyl groups is 1. The molecule has 0 aliphatic rings. The van der Waals surface area contributed by atoms with Gasteiger partial charge in [0.15, 0.2) is 0 Å². The van der Waals surface area contributed by atoms with Crippen molar-refractivity contribution in [1.29, 1.82) is 0 Å². The van der Waals surface area contributed by atoms with Crippen molar-refractivity contribution in [2.75, 3.05) is 13.7 Å². The Labute approximate surface area is 162 Å². The molecule has 0 unspecified atom stereocenters. The Morgan fingerprint density at radius 3 is 2.54 bits per heavy atom. The molecule has 6 heteroatoms. The normalized spacial score (nSPS) is 12.0. The van der Waals surface area contributed by atoms with Crippen LogP contribution in [-0.4, -0.2) is 24.7 Å². The number of benzene rings is 2. The van der Waals surface area contributed by atoms with Gasteiger partial charge in [0, 0.05) is 17.5 Å². The summed E-state index contributed by atoms with van der Waals surface area (Å²) in [5.41, 5.74) is 2.39. The van der Waals surface area contributed by atoms with Gasteiger partial charge in [0.05, 0.1) is 25.2 Å². The van der Waals surface area contributed by atoms with Gasteiger partial charge >= 0.3 is 5.63 Å². The van der Waals surface area contributed by atoms with Crippen LogP contribution in [0.4, 0.5) is 0 Å². The average molecular weight is 381 g/mol. The molecule has 6 nitrogen and oxygen atoms in total. The lowest BCUT2D eigenvalue weighted by molar-refractivity contribution is -0.120. The summed E-state index contributed by atoms with van der Waals surface area (Å²) in [7, 11) is 1.56. The number of amides is 1. The van der Waals surface area contributed by atoms with Crippen molar-refractivity contribution in [3.8, 4) is 5.75 Å². The number of carbonyl (C=O) groups excluding carboxylic acids is 1. The second-order valence-corrected chi connectivity index (χ2v) is 6.67. The first-order valence-electron chi connectivity index (χ1n) is 9.02. The zero-order chi connectivity index (χ0) is 20.3. The molecule has 0 saturated heterocycles. The maximum absolute atomic E-state index is 12.5. The Balaban J connectivity index is 1.78. The number of hydrogen-bond donors (Lipinski definition) is 2. The van der Waals surface area contributed by atoms with Crippen molar-refractivity contribution in [3.05, 3.63) is 75.1 Å². The zero-order valence-electron chi connectivity index (χ0n) is 16.1. The number of aliphatic hydroxyl groups excluding tert-OH is 1. The minimum atomic E-state index is -0.811. The third kappa shape index (κ3) is 3.92. The number of carbonyl (C=O) groups is 1. The molecule has 28 heavy (non-hydrogen) atoms. The molecular formula is C22H23NO5. The van der Waals surface area contributed by atoms with Gasteiger partial charge in [0.1, 0.15) is 11.3 Å². The van der Waals surface area contributed by atoms with Crippen LogP contribution in [0.5, 0.6) is 5.75 Å². The van der Waals surface area contributed by atoms with Crippen molar-refractivity contribution in [2.45, 2.75) is 26.4 Å².